The topological polar surface area (TPSA) is 40.7 Å². The molecule has 1 aromatic heterocycles. The van der Waals surface area contributed by atoms with Crippen molar-refractivity contribution in [3.05, 3.63) is 52.3 Å². The molecule has 0 amide bonds. The Morgan fingerprint density at radius 3 is 2.47 bits per heavy atom. The number of nitrogens with zero attached hydrogens (tertiary/aromatic N) is 1. The molecule has 0 atom stereocenters. The van der Waals surface area contributed by atoms with E-state index in [4.69, 9.17) is 0 Å². The number of hydrogen-bond acceptors (Lipinski definition) is 2. The van der Waals surface area contributed by atoms with Crippen LogP contribution in [0.4, 0.5) is 0 Å². The van der Waals surface area contributed by atoms with E-state index < -0.39 is 0 Å². The molecule has 0 bridgehead atoms. The average Bonchev–Trinajstić information content (AvgIpc) is 2.95. The highest BCUT2D eigenvalue weighted by Gasteiger charge is 2.20. The second-order valence-electron chi connectivity index (χ2n) is 5.49. The first kappa shape index (κ1) is 12.4. The first-order valence-electron chi connectivity index (χ1n) is 7.04. The lowest BCUT2D eigenvalue weighted by atomic mass is 10.1. The zero-order chi connectivity index (χ0) is 13.2. The molecule has 19 heavy (non-hydrogen) atoms. The van der Waals surface area contributed by atoms with Crippen molar-refractivity contribution < 1.29 is 0 Å². The van der Waals surface area contributed by atoms with E-state index in [2.05, 4.69) is 53.6 Å². The standard InChI is InChI=1S/C16H21N3/c1-11-16(12(2)19-18-11)7-8-17-15-9-13-5-3-4-6-14(13)10-15/h3-6,15,17H,7-10H2,1-2H3,(H,18,19). The molecular weight excluding hydrogens is 234 g/mol. The van der Waals surface area contributed by atoms with Gasteiger partial charge in [0.1, 0.15) is 0 Å². The van der Waals surface area contributed by atoms with E-state index in [1.54, 1.807) is 0 Å². The molecule has 0 saturated carbocycles. The van der Waals surface area contributed by atoms with Crippen molar-refractivity contribution >= 4 is 0 Å². The number of fused-ring (bicyclic) bond motifs is 1. The molecule has 3 heteroatoms. The van der Waals surface area contributed by atoms with Gasteiger partial charge in [-0.15, -0.1) is 0 Å². The molecule has 0 aliphatic heterocycles. The predicted molar refractivity (Wildman–Crippen MR) is 77.4 cm³/mol. The van der Waals surface area contributed by atoms with E-state index in [-0.39, 0.29) is 0 Å². The van der Waals surface area contributed by atoms with Crippen LogP contribution >= 0.6 is 0 Å². The Balaban J connectivity index is 1.53. The number of aromatic nitrogens is 2. The Labute approximate surface area is 114 Å². The van der Waals surface area contributed by atoms with Gasteiger partial charge in [-0.2, -0.15) is 5.10 Å². The summed E-state index contributed by atoms with van der Waals surface area (Å²) in [6, 6.07) is 9.38. The highest BCUT2D eigenvalue weighted by Crippen LogP contribution is 2.21. The second kappa shape index (κ2) is 5.17. The van der Waals surface area contributed by atoms with E-state index in [9.17, 15) is 0 Å². The van der Waals surface area contributed by atoms with Crippen LogP contribution in [-0.2, 0) is 19.3 Å². The fourth-order valence-corrected chi connectivity index (χ4v) is 3.05. The normalized spacial score (nSPS) is 14.8. The maximum atomic E-state index is 4.25. The molecule has 3 nitrogen and oxygen atoms in total. The molecule has 0 unspecified atom stereocenters. The maximum Gasteiger partial charge on any atom is 0.0626 e. The van der Waals surface area contributed by atoms with Crippen LogP contribution in [0.25, 0.3) is 0 Å². The van der Waals surface area contributed by atoms with Gasteiger partial charge in [0, 0.05) is 11.7 Å². The molecule has 1 aliphatic carbocycles. The van der Waals surface area contributed by atoms with Crippen molar-refractivity contribution in [3.8, 4) is 0 Å². The summed E-state index contributed by atoms with van der Waals surface area (Å²) in [4.78, 5) is 0. The van der Waals surface area contributed by atoms with E-state index in [1.165, 1.54) is 35.2 Å². The first-order valence-corrected chi connectivity index (χ1v) is 7.04. The van der Waals surface area contributed by atoms with E-state index >= 15 is 0 Å². The lowest BCUT2D eigenvalue weighted by Crippen LogP contribution is -2.31. The van der Waals surface area contributed by atoms with Gasteiger partial charge in [0.15, 0.2) is 0 Å². The fraction of sp³-hybridized carbons (Fsp3) is 0.438. The van der Waals surface area contributed by atoms with Crippen LogP contribution in [0.15, 0.2) is 24.3 Å². The SMILES string of the molecule is Cc1n[nH]c(C)c1CCNC1Cc2ccccc2C1. The molecule has 100 valence electrons. The molecule has 2 aromatic rings. The minimum absolute atomic E-state index is 0.602. The lowest BCUT2D eigenvalue weighted by molar-refractivity contribution is 0.535. The van der Waals surface area contributed by atoms with Crippen LogP contribution in [-0.4, -0.2) is 22.8 Å². The Kier molecular flexibility index (Phi) is 3.38. The summed E-state index contributed by atoms with van der Waals surface area (Å²) in [5.41, 5.74) is 6.72. The van der Waals surface area contributed by atoms with Crippen LogP contribution in [0.5, 0.6) is 0 Å². The van der Waals surface area contributed by atoms with Gasteiger partial charge in [0.25, 0.3) is 0 Å². The van der Waals surface area contributed by atoms with Crippen LogP contribution in [0, 0.1) is 13.8 Å². The van der Waals surface area contributed by atoms with Crippen molar-refractivity contribution in [1.29, 1.82) is 0 Å². The van der Waals surface area contributed by atoms with Crippen LogP contribution in [0.3, 0.4) is 0 Å². The van der Waals surface area contributed by atoms with Gasteiger partial charge in [0.2, 0.25) is 0 Å². The Hall–Kier alpha value is -1.61. The van der Waals surface area contributed by atoms with Crippen molar-refractivity contribution in [2.75, 3.05) is 6.54 Å². The third kappa shape index (κ3) is 2.56. The minimum Gasteiger partial charge on any atom is -0.313 e. The van der Waals surface area contributed by atoms with Crippen LogP contribution in [0.1, 0.15) is 28.1 Å². The quantitative estimate of drug-likeness (QED) is 0.880. The molecule has 0 radical (unpaired) electrons. The van der Waals surface area contributed by atoms with Gasteiger partial charge in [-0.25, -0.2) is 0 Å². The maximum absolute atomic E-state index is 4.25. The summed E-state index contributed by atoms with van der Waals surface area (Å²) in [7, 11) is 0. The first-order chi connectivity index (χ1) is 9.24. The highest BCUT2D eigenvalue weighted by atomic mass is 15.1. The fourth-order valence-electron chi connectivity index (χ4n) is 3.05. The largest absolute Gasteiger partial charge is 0.313 e. The number of rotatable bonds is 4. The lowest BCUT2D eigenvalue weighted by Gasteiger charge is -2.11. The monoisotopic (exact) mass is 255 g/mol. The summed E-state index contributed by atoms with van der Waals surface area (Å²) in [5, 5.41) is 11.0. The van der Waals surface area contributed by atoms with Crippen molar-refractivity contribution in [2.24, 2.45) is 0 Å². The van der Waals surface area contributed by atoms with Gasteiger partial charge in [-0.05, 0) is 56.3 Å². The van der Waals surface area contributed by atoms with Gasteiger partial charge in [0.05, 0.1) is 5.69 Å². The van der Waals surface area contributed by atoms with Crippen molar-refractivity contribution in [3.63, 3.8) is 0 Å². The predicted octanol–water partition coefficient (Wildman–Crippen LogP) is 2.33. The molecule has 1 aliphatic rings. The molecular formula is C16H21N3. The second-order valence-corrected chi connectivity index (χ2v) is 5.49. The molecule has 2 N–H and O–H groups in total. The number of hydrogen-bond donors (Lipinski definition) is 2. The Morgan fingerprint density at radius 2 is 1.89 bits per heavy atom. The number of aryl methyl sites for hydroxylation is 2. The third-order valence-electron chi connectivity index (χ3n) is 4.14. The number of aromatic amines is 1. The van der Waals surface area contributed by atoms with Gasteiger partial charge in [-0.3, -0.25) is 5.10 Å². The van der Waals surface area contributed by atoms with Gasteiger partial charge in [-0.1, -0.05) is 24.3 Å². The van der Waals surface area contributed by atoms with Crippen molar-refractivity contribution in [1.82, 2.24) is 15.5 Å². The Bertz CT molecular complexity index is 527. The van der Waals surface area contributed by atoms with Crippen LogP contribution < -0.4 is 5.32 Å². The molecule has 0 fully saturated rings. The Morgan fingerprint density at radius 1 is 1.21 bits per heavy atom. The molecule has 0 saturated heterocycles. The zero-order valence-electron chi connectivity index (χ0n) is 11.7. The van der Waals surface area contributed by atoms with E-state index in [0.29, 0.717) is 6.04 Å². The molecule has 3 rings (SSSR count). The average molecular weight is 255 g/mol. The number of benzene rings is 1. The summed E-state index contributed by atoms with van der Waals surface area (Å²) in [6.07, 6.45) is 3.39. The minimum atomic E-state index is 0.602. The van der Waals surface area contributed by atoms with Crippen LogP contribution in [0.2, 0.25) is 0 Å². The molecule has 0 spiro atoms. The van der Waals surface area contributed by atoms with Gasteiger partial charge < -0.3 is 5.32 Å². The summed E-state index contributed by atoms with van der Waals surface area (Å²) in [6.45, 7) is 5.20. The summed E-state index contributed by atoms with van der Waals surface area (Å²) < 4.78 is 0. The molecule has 1 aromatic carbocycles. The number of nitrogens with one attached hydrogen (secondary N) is 2. The highest BCUT2D eigenvalue weighted by molar-refractivity contribution is 5.33. The van der Waals surface area contributed by atoms with Gasteiger partial charge >= 0.3 is 0 Å². The van der Waals surface area contributed by atoms with E-state index in [0.717, 1.165) is 18.7 Å². The summed E-state index contributed by atoms with van der Waals surface area (Å²) >= 11 is 0. The molecule has 1 heterocycles. The number of H-pyrrole nitrogens is 1. The van der Waals surface area contributed by atoms with E-state index in [1.807, 2.05) is 0 Å². The van der Waals surface area contributed by atoms with Crippen molar-refractivity contribution in [2.45, 2.75) is 39.2 Å². The third-order valence-corrected chi connectivity index (χ3v) is 4.14. The zero-order valence-corrected chi connectivity index (χ0v) is 11.7. The summed E-state index contributed by atoms with van der Waals surface area (Å²) in [5.74, 6) is 0. The smallest absolute Gasteiger partial charge is 0.0626 e.